The maximum absolute atomic E-state index is 14.8. The average Bonchev–Trinajstić information content (AvgIpc) is 3.30. The molecule has 0 bridgehead atoms. The summed E-state index contributed by atoms with van der Waals surface area (Å²) in [6, 6.07) is 16.4. The summed E-state index contributed by atoms with van der Waals surface area (Å²) >= 11 is 5.98. The molecule has 3 aliphatic heterocycles. The van der Waals surface area contributed by atoms with Crippen LogP contribution in [0, 0.1) is 5.82 Å². The number of benzene rings is 3. The Hall–Kier alpha value is -3.59. The number of likely N-dealkylation sites (tertiary alicyclic amines) is 1. The fourth-order valence-corrected chi connectivity index (χ4v) is 6.69. The van der Waals surface area contributed by atoms with Crippen molar-refractivity contribution in [3.05, 3.63) is 94.5 Å². The van der Waals surface area contributed by atoms with Crippen molar-refractivity contribution in [2.75, 3.05) is 26.3 Å². The molecule has 0 aliphatic carbocycles. The molecule has 7 rings (SSSR count). The van der Waals surface area contributed by atoms with E-state index in [1.54, 1.807) is 12.1 Å². The third-order valence-corrected chi connectivity index (χ3v) is 9.31. The van der Waals surface area contributed by atoms with Crippen LogP contribution >= 0.6 is 11.6 Å². The molecule has 2 atom stereocenters. The minimum absolute atomic E-state index is 0.0532. The molecule has 1 N–H and O–H groups in total. The SMILES string of the molecule is C=C(O)c1ccc2nc(CN3CCC(c4cccc5c4OCC(C)(c4ccc(Cl)cc4F)O5)CC3)n(C[C@@H]3CCO3)c2c1. The number of rotatable bonds is 7. The van der Waals surface area contributed by atoms with Crippen LogP contribution < -0.4 is 9.47 Å². The van der Waals surface area contributed by atoms with E-state index >= 15 is 0 Å². The van der Waals surface area contributed by atoms with E-state index in [1.165, 1.54) is 6.07 Å². The molecule has 0 spiro atoms. The number of ether oxygens (including phenoxy) is 3. The van der Waals surface area contributed by atoms with Gasteiger partial charge in [0.05, 0.1) is 30.2 Å². The summed E-state index contributed by atoms with van der Waals surface area (Å²) in [5.41, 5.74) is 3.21. The van der Waals surface area contributed by atoms with E-state index in [0.717, 1.165) is 80.2 Å². The molecule has 3 aromatic carbocycles. The van der Waals surface area contributed by atoms with Crippen molar-refractivity contribution < 1.29 is 23.7 Å². The van der Waals surface area contributed by atoms with Crippen molar-refractivity contribution in [3.8, 4) is 11.5 Å². The van der Waals surface area contributed by atoms with Crippen molar-refractivity contribution in [2.24, 2.45) is 0 Å². The van der Waals surface area contributed by atoms with Gasteiger partial charge in [0.25, 0.3) is 0 Å². The molecule has 0 radical (unpaired) electrons. The number of fused-ring (bicyclic) bond motifs is 2. The smallest absolute Gasteiger partial charge is 0.168 e. The van der Waals surface area contributed by atoms with Gasteiger partial charge < -0.3 is 23.9 Å². The standard InChI is InChI=1S/C34H35ClFN3O4/c1-21(40)23-6-9-29-30(16-23)39(18-25-12-15-41-25)32(37-29)19-38-13-10-22(11-14-38)26-4-3-5-31-33(26)42-20-34(2,43-31)27-8-7-24(35)17-28(27)36/h3-9,16-17,22,25,40H,1,10-15,18-20H2,2H3/t25-,34?/m0/s1. The summed E-state index contributed by atoms with van der Waals surface area (Å²) in [5.74, 6) is 2.38. The fraction of sp³-hybridized carbons (Fsp3) is 0.382. The molecular weight excluding hydrogens is 569 g/mol. The van der Waals surface area contributed by atoms with E-state index in [0.29, 0.717) is 27.8 Å². The van der Waals surface area contributed by atoms with Crippen LogP contribution in [0.1, 0.15) is 54.6 Å². The van der Waals surface area contributed by atoms with Crippen LogP contribution in [-0.4, -0.2) is 52.0 Å². The fourth-order valence-electron chi connectivity index (χ4n) is 6.53. The Kier molecular flexibility index (Phi) is 7.32. The van der Waals surface area contributed by atoms with Gasteiger partial charge in [-0.2, -0.15) is 0 Å². The molecule has 1 aromatic heterocycles. The normalized spacial score (nSPS) is 22.4. The lowest BCUT2D eigenvalue weighted by Crippen LogP contribution is -2.40. The van der Waals surface area contributed by atoms with Crippen LogP contribution in [-0.2, 0) is 23.4 Å². The molecule has 2 saturated heterocycles. The molecule has 2 fully saturated rings. The number of piperidine rings is 1. The lowest BCUT2D eigenvalue weighted by Gasteiger charge is -2.38. The Bertz CT molecular complexity index is 1690. The van der Waals surface area contributed by atoms with Gasteiger partial charge in [-0.1, -0.05) is 36.4 Å². The summed E-state index contributed by atoms with van der Waals surface area (Å²) in [4.78, 5) is 7.44. The number of imidazole rings is 1. The third-order valence-electron chi connectivity index (χ3n) is 9.07. The van der Waals surface area contributed by atoms with E-state index < -0.39 is 11.4 Å². The second-order valence-corrected chi connectivity index (χ2v) is 12.5. The molecule has 3 aliphatic rings. The summed E-state index contributed by atoms with van der Waals surface area (Å²) in [5, 5.41) is 10.3. The number of para-hydroxylation sites is 1. The number of aliphatic hydroxyl groups excluding tert-OH is 1. The van der Waals surface area contributed by atoms with E-state index in [2.05, 4.69) is 22.1 Å². The number of hydrogen-bond donors (Lipinski definition) is 1. The first kappa shape index (κ1) is 28.2. The Labute approximate surface area is 255 Å². The van der Waals surface area contributed by atoms with Gasteiger partial charge in [-0.15, -0.1) is 0 Å². The summed E-state index contributed by atoms with van der Waals surface area (Å²) < 4.78 is 35.5. The molecule has 4 heterocycles. The van der Waals surface area contributed by atoms with Gasteiger partial charge in [0, 0.05) is 28.3 Å². The largest absolute Gasteiger partial charge is 0.508 e. The van der Waals surface area contributed by atoms with Crippen molar-refractivity contribution in [1.82, 2.24) is 14.5 Å². The molecule has 224 valence electrons. The Balaban J connectivity index is 1.07. The van der Waals surface area contributed by atoms with Crippen LogP contribution in [0.3, 0.4) is 0 Å². The highest BCUT2D eigenvalue weighted by Gasteiger charge is 2.39. The van der Waals surface area contributed by atoms with E-state index in [-0.39, 0.29) is 18.5 Å². The lowest BCUT2D eigenvalue weighted by molar-refractivity contribution is -0.0592. The predicted molar refractivity (Wildman–Crippen MR) is 164 cm³/mol. The van der Waals surface area contributed by atoms with Gasteiger partial charge in [-0.25, -0.2) is 9.37 Å². The monoisotopic (exact) mass is 603 g/mol. The van der Waals surface area contributed by atoms with E-state index in [4.69, 9.17) is 30.8 Å². The highest BCUT2D eigenvalue weighted by atomic mass is 35.5. The topological polar surface area (TPSA) is 69.0 Å². The number of aliphatic hydroxyl groups is 1. The van der Waals surface area contributed by atoms with Gasteiger partial charge in [-0.3, -0.25) is 4.90 Å². The lowest BCUT2D eigenvalue weighted by atomic mass is 9.87. The molecule has 4 aromatic rings. The van der Waals surface area contributed by atoms with Crippen LogP contribution in [0.2, 0.25) is 5.02 Å². The molecule has 0 amide bonds. The van der Waals surface area contributed by atoms with Gasteiger partial charge in [-0.05, 0) is 81.6 Å². The van der Waals surface area contributed by atoms with Crippen LogP contribution in [0.5, 0.6) is 11.5 Å². The Morgan fingerprint density at radius 1 is 1.14 bits per heavy atom. The van der Waals surface area contributed by atoms with E-state index in [1.807, 2.05) is 37.3 Å². The first-order valence-electron chi connectivity index (χ1n) is 14.9. The minimum Gasteiger partial charge on any atom is -0.508 e. The highest BCUT2D eigenvalue weighted by molar-refractivity contribution is 6.30. The summed E-state index contributed by atoms with van der Waals surface area (Å²) in [6.45, 7) is 9.87. The zero-order valence-electron chi connectivity index (χ0n) is 24.2. The van der Waals surface area contributed by atoms with Gasteiger partial charge in [0.2, 0.25) is 0 Å². The zero-order valence-corrected chi connectivity index (χ0v) is 24.9. The molecule has 43 heavy (non-hydrogen) atoms. The molecule has 9 heteroatoms. The average molecular weight is 604 g/mol. The predicted octanol–water partition coefficient (Wildman–Crippen LogP) is 7.21. The maximum atomic E-state index is 14.8. The Morgan fingerprint density at radius 3 is 2.67 bits per heavy atom. The molecule has 1 unspecified atom stereocenters. The van der Waals surface area contributed by atoms with Crippen molar-refractivity contribution in [2.45, 2.75) is 56.9 Å². The summed E-state index contributed by atoms with van der Waals surface area (Å²) in [7, 11) is 0. The first-order chi connectivity index (χ1) is 20.8. The van der Waals surface area contributed by atoms with Crippen molar-refractivity contribution in [3.63, 3.8) is 0 Å². The van der Waals surface area contributed by atoms with Crippen molar-refractivity contribution >= 4 is 28.4 Å². The van der Waals surface area contributed by atoms with Gasteiger partial charge in [0.15, 0.2) is 17.1 Å². The second kappa shape index (κ2) is 11.2. The third kappa shape index (κ3) is 5.37. The number of halogens is 2. The number of nitrogens with zero attached hydrogens (tertiary/aromatic N) is 3. The van der Waals surface area contributed by atoms with Gasteiger partial charge in [0.1, 0.15) is 24.0 Å². The molecule has 7 nitrogen and oxygen atoms in total. The minimum atomic E-state index is -0.954. The number of hydrogen-bond acceptors (Lipinski definition) is 6. The number of aromatic nitrogens is 2. The van der Waals surface area contributed by atoms with Crippen LogP contribution in [0.25, 0.3) is 16.8 Å². The maximum Gasteiger partial charge on any atom is 0.168 e. The first-order valence-corrected chi connectivity index (χ1v) is 15.3. The van der Waals surface area contributed by atoms with Crippen LogP contribution in [0.15, 0.2) is 61.2 Å². The van der Waals surface area contributed by atoms with Crippen LogP contribution in [0.4, 0.5) is 4.39 Å². The molecular formula is C34H35ClFN3O4. The summed E-state index contributed by atoms with van der Waals surface area (Å²) in [6.07, 6.45) is 3.18. The second-order valence-electron chi connectivity index (χ2n) is 12.0. The van der Waals surface area contributed by atoms with Gasteiger partial charge >= 0.3 is 0 Å². The van der Waals surface area contributed by atoms with Crippen molar-refractivity contribution in [1.29, 1.82) is 0 Å². The zero-order chi connectivity index (χ0) is 29.7. The quantitative estimate of drug-likeness (QED) is 0.225. The molecule has 0 saturated carbocycles. The van der Waals surface area contributed by atoms with E-state index in [9.17, 15) is 9.50 Å². The Morgan fingerprint density at radius 2 is 1.95 bits per heavy atom. The highest BCUT2D eigenvalue weighted by Crippen LogP contribution is 2.46.